The van der Waals surface area contributed by atoms with Gasteiger partial charge in [0, 0.05) is 7.11 Å². The van der Waals surface area contributed by atoms with Gasteiger partial charge in [0.25, 0.3) is 0 Å². The molecule has 112 valence electrons. The van der Waals surface area contributed by atoms with Gasteiger partial charge in [0.05, 0.1) is 12.2 Å². The fraction of sp³-hybridized carbons (Fsp3) is 0.588. The van der Waals surface area contributed by atoms with Crippen LogP contribution in [0.25, 0.3) is 0 Å². The third kappa shape index (κ3) is 5.74. The Balaban J connectivity index is 2.56. The van der Waals surface area contributed by atoms with Gasteiger partial charge in [-0.05, 0) is 37.3 Å². The molecule has 0 heterocycles. The molecule has 0 amide bonds. The Hall–Kier alpha value is -1.35. The van der Waals surface area contributed by atoms with Gasteiger partial charge >= 0.3 is 5.97 Å². The lowest BCUT2D eigenvalue weighted by molar-refractivity contribution is 0.00213. The van der Waals surface area contributed by atoms with Crippen LogP contribution in [0.2, 0.25) is 0 Å². The van der Waals surface area contributed by atoms with Crippen LogP contribution in [0.1, 0.15) is 49.0 Å². The number of benzene rings is 1. The zero-order chi connectivity index (χ0) is 15.0. The second kappa shape index (κ2) is 8.75. The largest absolute Gasteiger partial charge is 0.456 e. The Bertz CT molecular complexity index is 412. The Morgan fingerprint density at radius 1 is 1.20 bits per heavy atom. The first kappa shape index (κ1) is 16.7. The minimum absolute atomic E-state index is 0.161. The van der Waals surface area contributed by atoms with Gasteiger partial charge in [-0.3, -0.25) is 0 Å². The monoisotopic (exact) mass is 278 g/mol. The molecular weight excluding hydrogens is 252 g/mol. The summed E-state index contributed by atoms with van der Waals surface area (Å²) in [7, 11) is 1.64. The third-order valence-corrected chi connectivity index (χ3v) is 3.30. The van der Waals surface area contributed by atoms with Crippen LogP contribution < -0.4 is 0 Å². The number of esters is 1. The quantitative estimate of drug-likeness (QED) is 0.674. The van der Waals surface area contributed by atoms with Crippen LogP contribution >= 0.6 is 0 Å². The van der Waals surface area contributed by atoms with Crippen molar-refractivity contribution in [1.82, 2.24) is 0 Å². The lowest BCUT2D eigenvalue weighted by atomic mass is 10.0. The summed E-state index contributed by atoms with van der Waals surface area (Å²) in [5.74, 6) is 0.417. The average Bonchev–Trinajstić information content (AvgIpc) is 2.38. The zero-order valence-corrected chi connectivity index (χ0v) is 13.0. The normalized spacial score (nSPS) is 12.4. The Labute approximate surface area is 122 Å². The van der Waals surface area contributed by atoms with E-state index in [9.17, 15) is 4.79 Å². The van der Waals surface area contributed by atoms with Gasteiger partial charge in [-0.25, -0.2) is 4.79 Å². The number of carbonyl (C=O) groups excluding carboxylic acids is 1. The summed E-state index contributed by atoms with van der Waals surface area (Å²) in [5.41, 5.74) is 1.58. The van der Waals surface area contributed by atoms with E-state index in [1.807, 2.05) is 25.1 Å². The van der Waals surface area contributed by atoms with Crippen molar-refractivity contribution in [3.05, 3.63) is 35.4 Å². The van der Waals surface area contributed by atoms with Crippen molar-refractivity contribution in [3.8, 4) is 0 Å². The van der Waals surface area contributed by atoms with Gasteiger partial charge < -0.3 is 9.47 Å². The van der Waals surface area contributed by atoms with Crippen LogP contribution in [0.3, 0.4) is 0 Å². The number of aryl methyl sites for hydroxylation is 1. The highest BCUT2D eigenvalue weighted by molar-refractivity contribution is 5.91. The van der Waals surface area contributed by atoms with E-state index in [1.54, 1.807) is 13.2 Å². The summed E-state index contributed by atoms with van der Waals surface area (Å²) in [4.78, 5) is 12.2. The van der Waals surface area contributed by atoms with E-state index in [2.05, 4.69) is 13.8 Å². The van der Waals surface area contributed by atoms with E-state index in [0.29, 0.717) is 18.1 Å². The van der Waals surface area contributed by atoms with Crippen molar-refractivity contribution in [2.45, 2.75) is 46.1 Å². The molecule has 0 aliphatic carbocycles. The zero-order valence-electron chi connectivity index (χ0n) is 13.0. The predicted molar refractivity (Wildman–Crippen MR) is 80.9 cm³/mol. The number of hydrogen-bond acceptors (Lipinski definition) is 3. The fourth-order valence-corrected chi connectivity index (χ4v) is 2.13. The molecule has 0 saturated carbocycles. The fourth-order valence-electron chi connectivity index (χ4n) is 2.13. The summed E-state index contributed by atoms with van der Waals surface area (Å²) >= 11 is 0. The summed E-state index contributed by atoms with van der Waals surface area (Å²) < 4.78 is 10.7. The minimum Gasteiger partial charge on any atom is -0.456 e. The van der Waals surface area contributed by atoms with E-state index in [1.165, 1.54) is 0 Å². The molecule has 3 nitrogen and oxygen atoms in total. The van der Waals surface area contributed by atoms with E-state index in [4.69, 9.17) is 9.47 Å². The Morgan fingerprint density at radius 3 is 2.50 bits per heavy atom. The summed E-state index contributed by atoms with van der Waals surface area (Å²) in [6, 6.07) is 7.49. The molecule has 20 heavy (non-hydrogen) atoms. The number of rotatable bonds is 8. The molecule has 0 fully saturated rings. The summed E-state index contributed by atoms with van der Waals surface area (Å²) in [6.45, 7) is 6.77. The number of hydrogen-bond donors (Lipinski definition) is 0. The highest BCUT2D eigenvalue weighted by Crippen LogP contribution is 2.14. The summed E-state index contributed by atoms with van der Waals surface area (Å²) in [6.07, 6.45) is 2.88. The molecule has 1 unspecified atom stereocenters. The molecule has 3 heteroatoms. The first-order valence-electron chi connectivity index (χ1n) is 7.30. The van der Waals surface area contributed by atoms with E-state index in [-0.39, 0.29) is 12.1 Å². The van der Waals surface area contributed by atoms with E-state index >= 15 is 0 Å². The lowest BCUT2D eigenvalue weighted by Gasteiger charge is -2.18. The maximum absolute atomic E-state index is 12.2. The van der Waals surface area contributed by atoms with Crippen molar-refractivity contribution in [2.75, 3.05) is 13.7 Å². The molecule has 0 N–H and O–H groups in total. The van der Waals surface area contributed by atoms with E-state index < -0.39 is 0 Å². The smallest absolute Gasteiger partial charge is 0.338 e. The van der Waals surface area contributed by atoms with Crippen LogP contribution in [-0.4, -0.2) is 25.8 Å². The highest BCUT2D eigenvalue weighted by atomic mass is 16.6. The van der Waals surface area contributed by atoms with Crippen LogP contribution in [0.5, 0.6) is 0 Å². The molecule has 1 atom stereocenters. The van der Waals surface area contributed by atoms with Crippen LogP contribution in [-0.2, 0) is 9.47 Å². The van der Waals surface area contributed by atoms with E-state index in [0.717, 1.165) is 24.8 Å². The molecule has 0 aliphatic rings. The average molecular weight is 278 g/mol. The number of carbonyl (C=O) groups is 1. The molecule has 0 radical (unpaired) electrons. The second-order valence-electron chi connectivity index (χ2n) is 5.62. The maximum atomic E-state index is 12.2. The van der Waals surface area contributed by atoms with Gasteiger partial charge in [0.1, 0.15) is 6.10 Å². The Kier molecular flexibility index (Phi) is 7.31. The first-order valence-corrected chi connectivity index (χ1v) is 7.30. The van der Waals surface area contributed by atoms with Gasteiger partial charge in [0.2, 0.25) is 0 Å². The standard InChI is InChI=1S/C17H26O3/c1-13(2)8-7-10-15(12-19-4)20-17(18)16-11-6-5-9-14(16)3/h5-6,9,11,13,15H,7-8,10,12H2,1-4H3. The van der Waals surface area contributed by atoms with Gasteiger partial charge in [0.15, 0.2) is 0 Å². The first-order chi connectivity index (χ1) is 9.54. The second-order valence-corrected chi connectivity index (χ2v) is 5.62. The van der Waals surface area contributed by atoms with Crippen molar-refractivity contribution < 1.29 is 14.3 Å². The Morgan fingerprint density at radius 2 is 1.90 bits per heavy atom. The molecule has 1 rings (SSSR count). The maximum Gasteiger partial charge on any atom is 0.338 e. The molecule has 0 aromatic heterocycles. The minimum atomic E-state index is -0.255. The molecular formula is C17H26O3. The topological polar surface area (TPSA) is 35.5 Å². The van der Waals surface area contributed by atoms with Crippen molar-refractivity contribution in [2.24, 2.45) is 5.92 Å². The third-order valence-electron chi connectivity index (χ3n) is 3.30. The van der Waals surface area contributed by atoms with Gasteiger partial charge in [-0.2, -0.15) is 0 Å². The number of methoxy groups -OCH3 is 1. The highest BCUT2D eigenvalue weighted by Gasteiger charge is 2.17. The molecule has 0 spiro atoms. The molecule has 1 aromatic carbocycles. The SMILES string of the molecule is COCC(CCCC(C)C)OC(=O)c1ccccc1C. The molecule has 0 aliphatic heterocycles. The molecule has 1 aromatic rings. The predicted octanol–water partition coefficient (Wildman–Crippen LogP) is 3.99. The van der Waals surface area contributed by atoms with Crippen LogP contribution in [0.4, 0.5) is 0 Å². The van der Waals surface area contributed by atoms with Crippen LogP contribution in [0, 0.1) is 12.8 Å². The molecule has 0 bridgehead atoms. The van der Waals surface area contributed by atoms with Gasteiger partial charge in [-0.1, -0.05) is 38.5 Å². The summed E-state index contributed by atoms with van der Waals surface area (Å²) in [5, 5.41) is 0. The lowest BCUT2D eigenvalue weighted by Crippen LogP contribution is -2.23. The van der Waals surface area contributed by atoms with Crippen molar-refractivity contribution in [1.29, 1.82) is 0 Å². The van der Waals surface area contributed by atoms with Gasteiger partial charge in [-0.15, -0.1) is 0 Å². The molecule has 0 saturated heterocycles. The number of ether oxygens (including phenoxy) is 2. The van der Waals surface area contributed by atoms with Crippen LogP contribution in [0.15, 0.2) is 24.3 Å². The van der Waals surface area contributed by atoms with Crippen molar-refractivity contribution in [3.63, 3.8) is 0 Å². The van der Waals surface area contributed by atoms with Crippen molar-refractivity contribution >= 4 is 5.97 Å².